The molecule has 0 aliphatic heterocycles. The molecule has 106 valence electrons. The van der Waals surface area contributed by atoms with Crippen LogP contribution in [-0.2, 0) is 0 Å². The summed E-state index contributed by atoms with van der Waals surface area (Å²) in [6.45, 7) is 4.45. The van der Waals surface area contributed by atoms with E-state index in [9.17, 15) is 0 Å². The van der Waals surface area contributed by atoms with E-state index in [0.29, 0.717) is 5.92 Å². The van der Waals surface area contributed by atoms with Crippen molar-refractivity contribution in [2.75, 3.05) is 0 Å². The van der Waals surface area contributed by atoms with Crippen LogP contribution in [0.15, 0.2) is 54.6 Å². The summed E-state index contributed by atoms with van der Waals surface area (Å²) in [5.74, 6) is 2.37. The minimum Gasteiger partial charge on any atom is -0.457 e. The van der Waals surface area contributed by atoms with E-state index in [1.54, 1.807) is 0 Å². The van der Waals surface area contributed by atoms with Crippen molar-refractivity contribution in [1.82, 2.24) is 0 Å². The third-order valence-electron chi connectivity index (χ3n) is 3.32. The van der Waals surface area contributed by atoms with Gasteiger partial charge in [0, 0.05) is 6.04 Å². The Morgan fingerprint density at radius 3 is 2.30 bits per heavy atom. The summed E-state index contributed by atoms with van der Waals surface area (Å²) in [7, 11) is 0. The van der Waals surface area contributed by atoms with Crippen LogP contribution in [-0.4, -0.2) is 0 Å². The largest absolute Gasteiger partial charge is 0.457 e. The first-order chi connectivity index (χ1) is 9.65. The fourth-order valence-electron chi connectivity index (χ4n) is 2.11. The molecule has 2 heteroatoms. The Hall–Kier alpha value is -1.80. The van der Waals surface area contributed by atoms with Crippen molar-refractivity contribution in [3.63, 3.8) is 0 Å². The molecule has 0 saturated heterocycles. The monoisotopic (exact) mass is 269 g/mol. The Bertz CT molecular complexity index is 522. The normalized spacial score (nSPS) is 12.4. The van der Waals surface area contributed by atoms with Crippen LogP contribution >= 0.6 is 0 Å². The molecule has 0 bridgehead atoms. The molecule has 0 aliphatic carbocycles. The molecule has 0 fully saturated rings. The highest BCUT2D eigenvalue weighted by Gasteiger charge is 2.08. The zero-order valence-electron chi connectivity index (χ0n) is 12.3. The molecule has 2 aromatic rings. The lowest BCUT2D eigenvalue weighted by Crippen LogP contribution is -2.11. The van der Waals surface area contributed by atoms with Crippen molar-refractivity contribution in [2.24, 2.45) is 11.7 Å². The summed E-state index contributed by atoms with van der Waals surface area (Å²) < 4.78 is 5.84. The Kier molecular flexibility index (Phi) is 5.19. The summed E-state index contributed by atoms with van der Waals surface area (Å²) in [5.41, 5.74) is 7.39. The van der Waals surface area contributed by atoms with Gasteiger partial charge < -0.3 is 10.5 Å². The first-order valence-corrected chi connectivity index (χ1v) is 7.23. The molecule has 0 spiro atoms. The van der Waals surface area contributed by atoms with Gasteiger partial charge in [-0.05, 0) is 48.6 Å². The highest BCUT2D eigenvalue weighted by molar-refractivity contribution is 5.34. The summed E-state index contributed by atoms with van der Waals surface area (Å²) in [4.78, 5) is 0. The molecular weight excluding hydrogens is 246 g/mol. The predicted octanol–water partition coefficient (Wildman–Crippen LogP) is 4.91. The maximum atomic E-state index is 6.25. The lowest BCUT2D eigenvalue weighted by Gasteiger charge is -2.15. The minimum atomic E-state index is 0.0803. The summed E-state index contributed by atoms with van der Waals surface area (Å²) in [6, 6.07) is 18.0. The second kappa shape index (κ2) is 7.11. The molecule has 0 aliphatic rings. The van der Waals surface area contributed by atoms with Crippen molar-refractivity contribution >= 4 is 0 Å². The van der Waals surface area contributed by atoms with Crippen molar-refractivity contribution < 1.29 is 4.74 Å². The average Bonchev–Trinajstić information content (AvgIpc) is 2.46. The molecule has 20 heavy (non-hydrogen) atoms. The van der Waals surface area contributed by atoms with Crippen molar-refractivity contribution in [3.05, 3.63) is 60.2 Å². The number of para-hydroxylation sites is 1. The number of hydrogen-bond acceptors (Lipinski definition) is 2. The lowest BCUT2D eigenvalue weighted by molar-refractivity contribution is 0.477. The third-order valence-corrected chi connectivity index (χ3v) is 3.32. The molecule has 0 heterocycles. The highest BCUT2D eigenvalue weighted by Crippen LogP contribution is 2.25. The van der Waals surface area contributed by atoms with Crippen LogP contribution in [0.3, 0.4) is 0 Å². The number of benzene rings is 2. The molecule has 2 N–H and O–H groups in total. The van der Waals surface area contributed by atoms with Crippen LogP contribution in [0, 0.1) is 5.92 Å². The minimum absolute atomic E-state index is 0.0803. The molecule has 2 aromatic carbocycles. The zero-order valence-corrected chi connectivity index (χ0v) is 12.3. The molecule has 0 radical (unpaired) electrons. The van der Waals surface area contributed by atoms with Gasteiger partial charge in [0.25, 0.3) is 0 Å². The summed E-state index contributed by atoms with van der Waals surface area (Å²) in [5, 5.41) is 0. The molecule has 0 saturated carbocycles. The number of hydrogen-bond donors (Lipinski definition) is 1. The van der Waals surface area contributed by atoms with Crippen LogP contribution in [0.4, 0.5) is 0 Å². The topological polar surface area (TPSA) is 35.2 Å². The van der Waals surface area contributed by atoms with Crippen LogP contribution < -0.4 is 10.5 Å². The van der Waals surface area contributed by atoms with Gasteiger partial charge in [0.1, 0.15) is 11.5 Å². The van der Waals surface area contributed by atoms with E-state index in [0.717, 1.165) is 29.9 Å². The highest BCUT2D eigenvalue weighted by atomic mass is 16.5. The maximum absolute atomic E-state index is 6.25. The molecule has 2 nitrogen and oxygen atoms in total. The van der Waals surface area contributed by atoms with E-state index in [1.807, 2.05) is 48.5 Å². The summed E-state index contributed by atoms with van der Waals surface area (Å²) >= 11 is 0. The van der Waals surface area contributed by atoms with Crippen molar-refractivity contribution in [2.45, 2.75) is 32.7 Å². The van der Waals surface area contributed by atoms with Gasteiger partial charge in [-0.1, -0.05) is 44.2 Å². The van der Waals surface area contributed by atoms with Gasteiger partial charge in [0.05, 0.1) is 0 Å². The predicted molar refractivity (Wildman–Crippen MR) is 84.0 cm³/mol. The van der Waals surface area contributed by atoms with Crippen LogP contribution in [0.25, 0.3) is 0 Å². The van der Waals surface area contributed by atoms with Gasteiger partial charge in [-0.2, -0.15) is 0 Å². The van der Waals surface area contributed by atoms with Gasteiger partial charge in [0.15, 0.2) is 0 Å². The smallest absolute Gasteiger partial charge is 0.127 e. The maximum Gasteiger partial charge on any atom is 0.127 e. The van der Waals surface area contributed by atoms with E-state index in [2.05, 4.69) is 19.9 Å². The quantitative estimate of drug-likeness (QED) is 0.808. The fraction of sp³-hybridized carbons (Fsp3) is 0.333. The molecular formula is C18H23NO. The van der Waals surface area contributed by atoms with E-state index in [1.165, 1.54) is 0 Å². The van der Waals surface area contributed by atoms with Crippen molar-refractivity contribution in [3.8, 4) is 11.5 Å². The van der Waals surface area contributed by atoms with Gasteiger partial charge in [-0.25, -0.2) is 0 Å². The number of nitrogens with two attached hydrogens (primary N) is 1. The van der Waals surface area contributed by atoms with Gasteiger partial charge in [-0.15, -0.1) is 0 Å². The molecule has 2 rings (SSSR count). The SMILES string of the molecule is CC(C)CC[C@H](N)c1cccc(Oc2ccccc2)c1. The second-order valence-electron chi connectivity index (χ2n) is 5.57. The van der Waals surface area contributed by atoms with E-state index in [4.69, 9.17) is 10.5 Å². The van der Waals surface area contributed by atoms with Crippen LogP contribution in [0.2, 0.25) is 0 Å². The Morgan fingerprint density at radius 2 is 1.60 bits per heavy atom. The molecule has 0 amide bonds. The fourth-order valence-corrected chi connectivity index (χ4v) is 2.11. The van der Waals surface area contributed by atoms with Crippen molar-refractivity contribution in [1.29, 1.82) is 0 Å². The Morgan fingerprint density at radius 1 is 0.900 bits per heavy atom. The van der Waals surface area contributed by atoms with E-state index < -0.39 is 0 Å². The zero-order chi connectivity index (χ0) is 14.4. The lowest BCUT2D eigenvalue weighted by atomic mass is 9.98. The van der Waals surface area contributed by atoms with Crippen LogP contribution in [0.5, 0.6) is 11.5 Å². The Balaban J connectivity index is 2.04. The van der Waals surface area contributed by atoms with E-state index >= 15 is 0 Å². The van der Waals surface area contributed by atoms with Gasteiger partial charge >= 0.3 is 0 Å². The first-order valence-electron chi connectivity index (χ1n) is 7.23. The third kappa shape index (κ3) is 4.39. The van der Waals surface area contributed by atoms with Gasteiger partial charge in [-0.3, -0.25) is 0 Å². The summed E-state index contributed by atoms with van der Waals surface area (Å²) in [6.07, 6.45) is 2.15. The first kappa shape index (κ1) is 14.6. The molecule has 0 unspecified atom stereocenters. The standard InChI is InChI=1S/C18H23NO/c1-14(2)11-12-18(19)15-7-6-10-17(13-15)20-16-8-4-3-5-9-16/h3-10,13-14,18H,11-12,19H2,1-2H3/t18-/m0/s1. The van der Waals surface area contributed by atoms with Crippen LogP contribution in [0.1, 0.15) is 38.3 Å². The average molecular weight is 269 g/mol. The molecule has 1 atom stereocenters. The molecule has 0 aromatic heterocycles. The number of rotatable bonds is 6. The van der Waals surface area contributed by atoms with Gasteiger partial charge in [0.2, 0.25) is 0 Å². The van der Waals surface area contributed by atoms with E-state index in [-0.39, 0.29) is 6.04 Å². The number of ether oxygens (including phenoxy) is 1. The second-order valence-corrected chi connectivity index (χ2v) is 5.57. The Labute approximate surface area is 121 Å².